The molecule has 7 nitrogen and oxygen atoms in total. The Morgan fingerprint density at radius 3 is 2.24 bits per heavy atom. The van der Waals surface area contributed by atoms with E-state index in [9.17, 15) is 26.4 Å². The van der Waals surface area contributed by atoms with Crippen LogP contribution in [-0.2, 0) is 21.0 Å². The highest BCUT2D eigenvalue weighted by atomic mass is 35.5. The molecule has 0 atom stereocenters. The number of hydrogen-bond donors (Lipinski definition) is 1. The first-order valence-electron chi connectivity index (χ1n) is 9.88. The number of hydrazone groups is 1. The number of carbonyl (C=O) groups is 1. The molecule has 2 aromatic carbocycles. The minimum absolute atomic E-state index is 0.252. The van der Waals surface area contributed by atoms with Gasteiger partial charge in [0.15, 0.2) is 0 Å². The minimum atomic E-state index is -4.71. The fourth-order valence-electron chi connectivity index (χ4n) is 2.97. The van der Waals surface area contributed by atoms with Gasteiger partial charge in [-0.05, 0) is 49.7 Å². The summed E-state index contributed by atoms with van der Waals surface area (Å²) in [6.07, 6.45) is -2.58. The van der Waals surface area contributed by atoms with E-state index in [0.29, 0.717) is 15.9 Å². The van der Waals surface area contributed by atoms with Gasteiger partial charge >= 0.3 is 6.18 Å². The molecule has 180 valence electrons. The molecule has 0 radical (unpaired) electrons. The number of amides is 1. The van der Waals surface area contributed by atoms with Crippen LogP contribution < -0.4 is 14.6 Å². The van der Waals surface area contributed by atoms with Crippen molar-refractivity contribution < 1.29 is 26.4 Å². The highest BCUT2D eigenvalue weighted by Gasteiger charge is 2.33. The van der Waals surface area contributed by atoms with Gasteiger partial charge in [0, 0.05) is 18.8 Å². The van der Waals surface area contributed by atoms with Crippen molar-refractivity contribution in [3.63, 3.8) is 0 Å². The number of benzene rings is 2. The van der Waals surface area contributed by atoms with Crippen LogP contribution in [0.4, 0.5) is 24.5 Å². The number of sulfonamides is 1. The first-order valence-corrected chi connectivity index (χ1v) is 12.1. The van der Waals surface area contributed by atoms with Gasteiger partial charge in [-0.2, -0.15) is 18.3 Å². The quantitative estimate of drug-likeness (QED) is 0.411. The SMILES string of the molecule is CCN(CC)c1ccc(/C=N/NC(=O)CN(c2cc(C(F)(F)F)ccc2Cl)S(C)(=O)=O)cc1. The van der Waals surface area contributed by atoms with Crippen molar-refractivity contribution in [2.24, 2.45) is 5.10 Å². The van der Waals surface area contributed by atoms with Gasteiger partial charge in [0.1, 0.15) is 6.54 Å². The molecule has 0 aliphatic heterocycles. The number of nitrogens with one attached hydrogen (secondary N) is 1. The zero-order valence-electron chi connectivity index (χ0n) is 18.2. The average Bonchev–Trinajstić information content (AvgIpc) is 2.73. The van der Waals surface area contributed by atoms with Crippen molar-refractivity contribution in [1.82, 2.24) is 5.43 Å². The van der Waals surface area contributed by atoms with Crippen LogP contribution in [-0.4, -0.2) is 46.4 Å². The maximum Gasteiger partial charge on any atom is 0.416 e. The summed E-state index contributed by atoms with van der Waals surface area (Å²) in [4.78, 5) is 14.4. The second-order valence-electron chi connectivity index (χ2n) is 6.99. The zero-order valence-corrected chi connectivity index (χ0v) is 19.8. The summed E-state index contributed by atoms with van der Waals surface area (Å²) in [6.45, 7) is 4.99. The Balaban J connectivity index is 2.15. The van der Waals surface area contributed by atoms with Gasteiger partial charge in [0.2, 0.25) is 10.0 Å². The predicted octanol–water partition coefficient (Wildman–Crippen LogP) is 4.12. The molecule has 0 bridgehead atoms. The molecule has 0 aliphatic carbocycles. The highest BCUT2D eigenvalue weighted by Crippen LogP contribution is 2.36. The second kappa shape index (κ2) is 10.9. The Morgan fingerprint density at radius 2 is 1.73 bits per heavy atom. The van der Waals surface area contributed by atoms with Gasteiger partial charge in [-0.15, -0.1) is 0 Å². The summed E-state index contributed by atoms with van der Waals surface area (Å²) in [5, 5.41) is 3.54. The molecule has 2 aromatic rings. The van der Waals surface area contributed by atoms with Crippen LogP contribution in [0, 0.1) is 0 Å². The van der Waals surface area contributed by atoms with Crippen LogP contribution in [0.25, 0.3) is 0 Å². The standard InChI is InChI=1S/C21H24ClF3N4O3S/c1-4-28(5-2)17-9-6-15(7-10-17)13-26-27-20(30)14-29(33(3,31)32)19-12-16(21(23,24)25)8-11-18(19)22/h6-13H,4-5,14H2,1-3H3,(H,27,30)/b26-13+. The van der Waals surface area contributed by atoms with Crippen molar-refractivity contribution in [2.75, 3.05) is 35.1 Å². The van der Waals surface area contributed by atoms with Crippen molar-refractivity contribution in [1.29, 1.82) is 0 Å². The molecular weight excluding hydrogens is 481 g/mol. The van der Waals surface area contributed by atoms with Crippen LogP contribution in [0.1, 0.15) is 25.0 Å². The Kier molecular flexibility index (Phi) is 8.73. The fraction of sp³-hybridized carbons (Fsp3) is 0.333. The molecule has 12 heteroatoms. The van der Waals surface area contributed by atoms with Crippen molar-refractivity contribution in [3.8, 4) is 0 Å². The molecule has 0 heterocycles. The Hall–Kier alpha value is -2.79. The van der Waals surface area contributed by atoms with Gasteiger partial charge in [0.05, 0.1) is 28.7 Å². The maximum absolute atomic E-state index is 13.0. The largest absolute Gasteiger partial charge is 0.416 e. The molecule has 0 unspecified atom stereocenters. The van der Waals surface area contributed by atoms with E-state index in [1.54, 1.807) is 12.1 Å². The van der Waals surface area contributed by atoms with E-state index >= 15 is 0 Å². The molecule has 0 spiro atoms. The number of hydrogen-bond acceptors (Lipinski definition) is 5. The van der Waals surface area contributed by atoms with E-state index in [4.69, 9.17) is 11.6 Å². The van der Waals surface area contributed by atoms with Crippen molar-refractivity contribution >= 4 is 45.1 Å². The van der Waals surface area contributed by atoms with Gasteiger partial charge in [0.25, 0.3) is 5.91 Å². The zero-order chi connectivity index (χ0) is 24.8. The lowest BCUT2D eigenvalue weighted by molar-refractivity contribution is -0.137. The third-order valence-corrected chi connectivity index (χ3v) is 6.10. The van der Waals surface area contributed by atoms with Crippen LogP contribution in [0.5, 0.6) is 0 Å². The molecule has 33 heavy (non-hydrogen) atoms. The van der Waals surface area contributed by atoms with Gasteiger partial charge < -0.3 is 4.90 Å². The molecule has 2 rings (SSSR count). The summed E-state index contributed by atoms with van der Waals surface area (Å²) in [6, 6.07) is 9.63. The van der Waals surface area contributed by atoms with E-state index in [0.717, 1.165) is 37.2 Å². The lowest BCUT2D eigenvalue weighted by Crippen LogP contribution is -2.39. The van der Waals surface area contributed by atoms with E-state index in [1.807, 2.05) is 26.0 Å². The van der Waals surface area contributed by atoms with Gasteiger partial charge in [-0.25, -0.2) is 13.8 Å². The van der Waals surface area contributed by atoms with E-state index in [2.05, 4.69) is 15.4 Å². The van der Waals surface area contributed by atoms with Crippen LogP contribution in [0.2, 0.25) is 5.02 Å². The number of rotatable bonds is 9. The maximum atomic E-state index is 13.0. The van der Waals surface area contributed by atoms with Crippen LogP contribution in [0.15, 0.2) is 47.6 Å². The first kappa shape index (κ1) is 26.5. The molecule has 0 aliphatic rings. The van der Waals surface area contributed by atoms with E-state index < -0.39 is 39.9 Å². The molecule has 0 saturated carbocycles. The number of alkyl halides is 3. The smallest absolute Gasteiger partial charge is 0.372 e. The lowest BCUT2D eigenvalue weighted by Gasteiger charge is -2.23. The molecule has 0 saturated heterocycles. The minimum Gasteiger partial charge on any atom is -0.372 e. The molecule has 1 N–H and O–H groups in total. The summed E-state index contributed by atoms with van der Waals surface area (Å²) in [7, 11) is -4.13. The van der Waals surface area contributed by atoms with E-state index in [1.165, 1.54) is 6.21 Å². The van der Waals surface area contributed by atoms with Gasteiger partial charge in [-0.1, -0.05) is 23.7 Å². The number of nitrogens with zero attached hydrogens (tertiary/aromatic N) is 3. The van der Waals surface area contributed by atoms with Crippen molar-refractivity contribution in [2.45, 2.75) is 20.0 Å². The van der Waals surface area contributed by atoms with Gasteiger partial charge in [-0.3, -0.25) is 9.10 Å². The summed E-state index contributed by atoms with van der Waals surface area (Å²) >= 11 is 5.93. The number of anilines is 2. The predicted molar refractivity (Wildman–Crippen MR) is 124 cm³/mol. The highest BCUT2D eigenvalue weighted by molar-refractivity contribution is 7.92. The topological polar surface area (TPSA) is 82.1 Å². The monoisotopic (exact) mass is 504 g/mol. The second-order valence-corrected chi connectivity index (χ2v) is 9.30. The Bertz CT molecular complexity index is 1100. The third kappa shape index (κ3) is 7.36. The van der Waals surface area contributed by atoms with E-state index in [-0.39, 0.29) is 5.02 Å². The average molecular weight is 505 g/mol. The molecule has 1 amide bonds. The molecular formula is C21H24ClF3N4O3S. The molecule has 0 fully saturated rings. The Morgan fingerprint density at radius 1 is 1.12 bits per heavy atom. The number of carbonyl (C=O) groups excluding carboxylic acids is 1. The lowest BCUT2D eigenvalue weighted by atomic mass is 10.2. The first-order chi connectivity index (χ1) is 15.4. The normalized spacial score (nSPS) is 12.1. The fourth-order valence-corrected chi connectivity index (χ4v) is 4.10. The summed E-state index contributed by atoms with van der Waals surface area (Å²) in [5.74, 6) is -0.857. The number of halogens is 4. The Labute approximate surface area is 195 Å². The molecule has 0 aromatic heterocycles. The van der Waals surface area contributed by atoms with Crippen LogP contribution >= 0.6 is 11.6 Å². The summed E-state index contributed by atoms with van der Waals surface area (Å²) < 4.78 is 64.0. The van der Waals surface area contributed by atoms with Crippen molar-refractivity contribution in [3.05, 3.63) is 58.6 Å². The third-order valence-electron chi connectivity index (χ3n) is 4.65. The summed E-state index contributed by atoms with van der Waals surface area (Å²) in [5.41, 5.74) is 2.34. The van der Waals surface area contributed by atoms with Crippen LogP contribution in [0.3, 0.4) is 0 Å².